The van der Waals surface area contributed by atoms with Crippen LogP contribution < -0.4 is 5.32 Å². The van der Waals surface area contributed by atoms with Crippen molar-refractivity contribution in [2.75, 3.05) is 0 Å². The molecular weight excluding hydrogens is 314 g/mol. The minimum absolute atomic E-state index is 0.0805. The fraction of sp³-hybridized carbons (Fsp3) is 0.222. The fourth-order valence-electron chi connectivity index (χ4n) is 2.15. The van der Waals surface area contributed by atoms with Gasteiger partial charge in [0.1, 0.15) is 6.61 Å². The molecule has 120 valence electrons. The average Bonchev–Trinajstić information content (AvgIpc) is 2.54. The van der Waals surface area contributed by atoms with Crippen LogP contribution in [0.3, 0.4) is 0 Å². The summed E-state index contributed by atoms with van der Waals surface area (Å²) in [4.78, 5) is 23.4. The summed E-state index contributed by atoms with van der Waals surface area (Å²) in [6.45, 7) is 1.60. The molecule has 5 heteroatoms. The average molecular weight is 332 g/mol. The zero-order valence-electron chi connectivity index (χ0n) is 12.8. The Morgan fingerprint density at radius 1 is 1.09 bits per heavy atom. The Bertz CT molecular complexity index is 656. The summed E-state index contributed by atoms with van der Waals surface area (Å²) in [7, 11) is 0. The van der Waals surface area contributed by atoms with Crippen molar-refractivity contribution in [3.05, 3.63) is 70.7 Å². The van der Waals surface area contributed by atoms with Crippen LogP contribution in [0, 0.1) is 0 Å². The van der Waals surface area contributed by atoms with E-state index in [-0.39, 0.29) is 24.9 Å². The van der Waals surface area contributed by atoms with Crippen LogP contribution in [-0.4, -0.2) is 11.9 Å². The van der Waals surface area contributed by atoms with Gasteiger partial charge in [-0.25, -0.2) is 0 Å². The van der Waals surface area contributed by atoms with E-state index in [0.717, 1.165) is 11.1 Å². The Hall–Kier alpha value is -2.33. The Labute approximate surface area is 140 Å². The monoisotopic (exact) mass is 331 g/mol. The summed E-state index contributed by atoms with van der Waals surface area (Å²) in [6, 6.07) is 16.0. The van der Waals surface area contributed by atoms with E-state index in [1.165, 1.54) is 6.92 Å². The van der Waals surface area contributed by atoms with Gasteiger partial charge in [0.15, 0.2) is 0 Å². The summed E-state index contributed by atoms with van der Waals surface area (Å²) in [5.41, 5.74) is 1.73. The topological polar surface area (TPSA) is 55.4 Å². The minimum Gasteiger partial charge on any atom is -0.461 e. The summed E-state index contributed by atoms with van der Waals surface area (Å²) < 4.78 is 5.27. The van der Waals surface area contributed by atoms with Crippen molar-refractivity contribution in [3.63, 3.8) is 0 Å². The van der Waals surface area contributed by atoms with Gasteiger partial charge in [0.25, 0.3) is 0 Å². The second-order valence-corrected chi connectivity index (χ2v) is 5.59. The van der Waals surface area contributed by atoms with Crippen molar-refractivity contribution in [3.8, 4) is 0 Å². The van der Waals surface area contributed by atoms with Crippen molar-refractivity contribution in [1.29, 1.82) is 0 Å². The predicted molar refractivity (Wildman–Crippen MR) is 88.9 cm³/mol. The first-order valence-corrected chi connectivity index (χ1v) is 7.64. The SMILES string of the molecule is CC(=O)NC(CC(=O)OCc1ccc(Cl)cc1)c1ccccc1. The molecule has 0 aliphatic heterocycles. The molecule has 23 heavy (non-hydrogen) atoms. The summed E-state index contributed by atoms with van der Waals surface area (Å²) in [6.07, 6.45) is 0.0805. The van der Waals surface area contributed by atoms with Crippen LogP contribution in [0.2, 0.25) is 5.02 Å². The quantitative estimate of drug-likeness (QED) is 0.822. The van der Waals surface area contributed by atoms with Crippen LogP contribution in [0.4, 0.5) is 0 Å². The Balaban J connectivity index is 1.94. The molecule has 1 N–H and O–H groups in total. The molecule has 2 aromatic carbocycles. The van der Waals surface area contributed by atoms with Gasteiger partial charge >= 0.3 is 5.97 Å². The maximum absolute atomic E-state index is 12.0. The van der Waals surface area contributed by atoms with Crippen molar-refractivity contribution in [1.82, 2.24) is 5.32 Å². The highest BCUT2D eigenvalue weighted by Gasteiger charge is 2.17. The molecule has 4 nitrogen and oxygen atoms in total. The highest BCUT2D eigenvalue weighted by atomic mass is 35.5. The molecule has 1 atom stereocenters. The zero-order chi connectivity index (χ0) is 16.7. The second kappa shape index (κ2) is 8.34. The lowest BCUT2D eigenvalue weighted by molar-refractivity contribution is -0.145. The smallest absolute Gasteiger partial charge is 0.308 e. The predicted octanol–water partition coefficient (Wildman–Crippen LogP) is 3.65. The molecule has 0 aromatic heterocycles. The van der Waals surface area contributed by atoms with E-state index in [9.17, 15) is 9.59 Å². The van der Waals surface area contributed by atoms with E-state index >= 15 is 0 Å². The number of carbonyl (C=O) groups excluding carboxylic acids is 2. The fourth-order valence-corrected chi connectivity index (χ4v) is 2.28. The van der Waals surface area contributed by atoms with E-state index < -0.39 is 6.04 Å². The van der Waals surface area contributed by atoms with Crippen LogP contribution in [0.15, 0.2) is 54.6 Å². The number of ether oxygens (including phenoxy) is 1. The van der Waals surface area contributed by atoms with Gasteiger partial charge in [-0.1, -0.05) is 54.1 Å². The maximum atomic E-state index is 12.0. The molecule has 0 aliphatic carbocycles. The van der Waals surface area contributed by atoms with Crippen molar-refractivity contribution in [2.45, 2.75) is 26.0 Å². The molecule has 1 amide bonds. The van der Waals surface area contributed by atoms with Crippen LogP contribution in [-0.2, 0) is 20.9 Å². The van der Waals surface area contributed by atoms with E-state index in [0.29, 0.717) is 5.02 Å². The summed E-state index contributed by atoms with van der Waals surface area (Å²) >= 11 is 5.81. The van der Waals surface area contributed by atoms with Crippen molar-refractivity contribution < 1.29 is 14.3 Å². The highest BCUT2D eigenvalue weighted by Crippen LogP contribution is 2.18. The van der Waals surface area contributed by atoms with Crippen LogP contribution >= 0.6 is 11.6 Å². The number of carbonyl (C=O) groups is 2. The van der Waals surface area contributed by atoms with Crippen LogP contribution in [0.1, 0.15) is 30.5 Å². The maximum Gasteiger partial charge on any atom is 0.308 e. The van der Waals surface area contributed by atoms with Gasteiger partial charge in [-0.05, 0) is 23.3 Å². The normalized spacial score (nSPS) is 11.6. The molecule has 0 aliphatic rings. The largest absolute Gasteiger partial charge is 0.461 e. The van der Waals surface area contributed by atoms with E-state index in [4.69, 9.17) is 16.3 Å². The Morgan fingerprint density at radius 2 is 1.74 bits per heavy atom. The molecule has 0 saturated heterocycles. The number of halogens is 1. The van der Waals surface area contributed by atoms with Gasteiger partial charge in [0, 0.05) is 11.9 Å². The third-order valence-electron chi connectivity index (χ3n) is 3.26. The molecule has 0 saturated carbocycles. The van der Waals surface area contributed by atoms with E-state index in [1.54, 1.807) is 24.3 Å². The first-order valence-electron chi connectivity index (χ1n) is 7.26. The van der Waals surface area contributed by atoms with Gasteiger partial charge in [0.05, 0.1) is 12.5 Å². The second-order valence-electron chi connectivity index (χ2n) is 5.16. The first kappa shape index (κ1) is 17.0. The number of hydrogen-bond donors (Lipinski definition) is 1. The molecule has 0 heterocycles. The van der Waals surface area contributed by atoms with Gasteiger partial charge in [-0.3, -0.25) is 9.59 Å². The van der Waals surface area contributed by atoms with Crippen LogP contribution in [0.5, 0.6) is 0 Å². The molecule has 0 radical (unpaired) electrons. The van der Waals surface area contributed by atoms with Crippen LogP contribution in [0.25, 0.3) is 0 Å². The summed E-state index contributed by atoms with van der Waals surface area (Å²) in [5, 5.41) is 3.41. The van der Waals surface area contributed by atoms with Crippen molar-refractivity contribution >= 4 is 23.5 Å². The Kier molecular flexibility index (Phi) is 6.18. The molecule has 2 rings (SSSR count). The van der Waals surface area contributed by atoms with Gasteiger partial charge < -0.3 is 10.1 Å². The van der Waals surface area contributed by atoms with E-state index in [2.05, 4.69) is 5.32 Å². The van der Waals surface area contributed by atoms with Gasteiger partial charge in [0.2, 0.25) is 5.91 Å². The van der Waals surface area contributed by atoms with Gasteiger partial charge in [-0.2, -0.15) is 0 Å². The standard InChI is InChI=1S/C18H18ClNO3/c1-13(21)20-17(15-5-3-2-4-6-15)11-18(22)23-12-14-7-9-16(19)10-8-14/h2-10,17H,11-12H2,1H3,(H,20,21). The molecule has 0 fully saturated rings. The third-order valence-corrected chi connectivity index (χ3v) is 3.52. The number of nitrogens with one attached hydrogen (secondary N) is 1. The van der Waals surface area contributed by atoms with E-state index in [1.807, 2.05) is 30.3 Å². The lowest BCUT2D eigenvalue weighted by Crippen LogP contribution is -2.28. The number of esters is 1. The highest BCUT2D eigenvalue weighted by molar-refractivity contribution is 6.30. The molecular formula is C18H18ClNO3. The number of rotatable bonds is 6. The lowest BCUT2D eigenvalue weighted by atomic mass is 10.0. The number of benzene rings is 2. The zero-order valence-corrected chi connectivity index (χ0v) is 13.5. The molecule has 0 spiro atoms. The first-order chi connectivity index (χ1) is 11.0. The summed E-state index contributed by atoms with van der Waals surface area (Å²) in [5.74, 6) is -0.563. The molecule has 0 bridgehead atoms. The molecule has 1 unspecified atom stereocenters. The lowest BCUT2D eigenvalue weighted by Gasteiger charge is -2.17. The number of hydrogen-bond acceptors (Lipinski definition) is 3. The van der Waals surface area contributed by atoms with Crippen molar-refractivity contribution in [2.24, 2.45) is 0 Å². The van der Waals surface area contributed by atoms with Gasteiger partial charge in [-0.15, -0.1) is 0 Å². The molecule has 2 aromatic rings. The Morgan fingerprint density at radius 3 is 2.35 bits per heavy atom. The minimum atomic E-state index is -0.397. The number of amides is 1. The third kappa shape index (κ3) is 5.75.